The van der Waals surface area contributed by atoms with Crippen molar-refractivity contribution < 1.29 is 9.53 Å². The smallest absolute Gasteiger partial charge is 0.274 e. The topological polar surface area (TPSA) is 63.2 Å². The molecule has 7 heteroatoms. The molecule has 1 aromatic heterocycles. The number of hydrogen-bond donors (Lipinski definition) is 2. The number of amides is 1. The number of anilines is 2. The summed E-state index contributed by atoms with van der Waals surface area (Å²) in [4.78, 5) is 16.4. The van der Waals surface area contributed by atoms with Gasteiger partial charge in [0.2, 0.25) is 0 Å². The van der Waals surface area contributed by atoms with Gasteiger partial charge >= 0.3 is 0 Å². The highest BCUT2D eigenvalue weighted by Crippen LogP contribution is 2.30. The first-order valence-electron chi connectivity index (χ1n) is 7.06. The van der Waals surface area contributed by atoms with Gasteiger partial charge in [-0.3, -0.25) is 9.78 Å². The van der Waals surface area contributed by atoms with Gasteiger partial charge in [-0.15, -0.1) is 0 Å². The van der Waals surface area contributed by atoms with E-state index in [4.69, 9.17) is 27.9 Å². The number of benzene rings is 1. The van der Waals surface area contributed by atoms with Crippen LogP contribution in [0.5, 0.6) is 0 Å². The predicted octanol–water partition coefficient (Wildman–Crippen LogP) is 4.09. The number of halogens is 2. The molecule has 2 aromatic rings. The number of para-hydroxylation sites is 1. The van der Waals surface area contributed by atoms with E-state index in [1.807, 2.05) is 0 Å². The van der Waals surface area contributed by atoms with E-state index < -0.39 is 0 Å². The molecular weight excluding hydrogens is 337 g/mol. The maximum Gasteiger partial charge on any atom is 0.274 e. The number of rotatable bonds is 7. The highest BCUT2D eigenvalue weighted by Gasteiger charge is 2.13. The van der Waals surface area contributed by atoms with Crippen molar-refractivity contribution in [2.75, 3.05) is 30.9 Å². The van der Waals surface area contributed by atoms with Crippen LogP contribution >= 0.6 is 23.2 Å². The third-order valence-electron chi connectivity index (χ3n) is 3.05. The number of hydrogen-bond acceptors (Lipinski definition) is 4. The van der Waals surface area contributed by atoms with Gasteiger partial charge in [0, 0.05) is 32.1 Å². The zero-order chi connectivity index (χ0) is 16.7. The molecule has 0 saturated carbocycles. The molecule has 0 saturated heterocycles. The molecule has 2 N–H and O–H groups in total. The Morgan fingerprint density at radius 3 is 2.70 bits per heavy atom. The van der Waals surface area contributed by atoms with Crippen molar-refractivity contribution >= 4 is 40.5 Å². The molecule has 1 amide bonds. The SMILES string of the molecule is COCCCNc1ccnc(C(=O)Nc2c(Cl)cccc2Cl)c1. The quantitative estimate of drug-likeness (QED) is 0.735. The Morgan fingerprint density at radius 2 is 2.00 bits per heavy atom. The van der Waals surface area contributed by atoms with E-state index in [2.05, 4.69) is 15.6 Å². The Balaban J connectivity index is 2.05. The summed E-state index contributed by atoms with van der Waals surface area (Å²) in [5.41, 5.74) is 1.46. The Morgan fingerprint density at radius 1 is 1.26 bits per heavy atom. The summed E-state index contributed by atoms with van der Waals surface area (Å²) in [5.74, 6) is -0.374. The summed E-state index contributed by atoms with van der Waals surface area (Å²) in [7, 11) is 1.66. The Hall–Kier alpha value is -1.82. The summed E-state index contributed by atoms with van der Waals surface area (Å²) in [6.45, 7) is 1.42. The van der Waals surface area contributed by atoms with Crippen LogP contribution in [0, 0.1) is 0 Å². The Kier molecular flexibility index (Phi) is 6.65. The van der Waals surface area contributed by atoms with Crippen molar-refractivity contribution in [1.29, 1.82) is 0 Å². The minimum atomic E-state index is -0.374. The number of carbonyl (C=O) groups excluding carboxylic acids is 1. The van der Waals surface area contributed by atoms with E-state index in [-0.39, 0.29) is 11.6 Å². The van der Waals surface area contributed by atoms with Crippen molar-refractivity contribution in [3.05, 3.63) is 52.3 Å². The number of methoxy groups -OCH3 is 1. The van der Waals surface area contributed by atoms with Crippen molar-refractivity contribution in [3.8, 4) is 0 Å². The lowest BCUT2D eigenvalue weighted by molar-refractivity contribution is 0.102. The van der Waals surface area contributed by atoms with Crippen molar-refractivity contribution in [2.24, 2.45) is 0 Å². The minimum Gasteiger partial charge on any atom is -0.385 e. The number of aromatic nitrogens is 1. The summed E-state index contributed by atoms with van der Waals surface area (Å²) in [5, 5.41) is 6.64. The molecule has 0 atom stereocenters. The molecule has 2 rings (SSSR count). The third-order valence-corrected chi connectivity index (χ3v) is 3.68. The van der Waals surface area contributed by atoms with E-state index in [9.17, 15) is 4.79 Å². The van der Waals surface area contributed by atoms with Gasteiger partial charge in [0.05, 0.1) is 15.7 Å². The fraction of sp³-hybridized carbons (Fsp3) is 0.250. The van der Waals surface area contributed by atoms with E-state index in [1.54, 1.807) is 43.6 Å². The first-order chi connectivity index (χ1) is 11.1. The maximum absolute atomic E-state index is 12.3. The summed E-state index contributed by atoms with van der Waals surface area (Å²) in [6.07, 6.45) is 2.44. The number of carbonyl (C=O) groups is 1. The van der Waals surface area contributed by atoms with Crippen LogP contribution in [-0.2, 0) is 4.74 Å². The summed E-state index contributed by atoms with van der Waals surface area (Å²) >= 11 is 12.1. The first kappa shape index (κ1) is 17.5. The fourth-order valence-corrected chi connectivity index (χ4v) is 2.40. The second-order valence-electron chi connectivity index (χ2n) is 4.75. The lowest BCUT2D eigenvalue weighted by Crippen LogP contribution is -2.15. The highest BCUT2D eigenvalue weighted by atomic mass is 35.5. The van der Waals surface area contributed by atoms with E-state index in [1.165, 1.54) is 0 Å². The van der Waals surface area contributed by atoms with Gasteiger partial charge in [-0.25, -0.2) is 0 Å². The van der Waals surface area contributed by atoms with E-state index in [0.717, 1.165) is 18.7 Å². The van der Waals surface area contributed by atoms with Crippen LogP contribution in [-0.4, -0.2) is 31.2 Å². The fourth-order valence-electron chi connectivity index (χ4n) is 1.91. The largest absolute Gasteiger partial charge is 0.385 e. The van der Waals surface area contributed by atoms with Crippen molar-refractivity contribution in [1.82, 2.24) is 4.98 Å². The van der Waals surface area contributed by atoms with E-state index in [0.29, 0.717) is 22.3 Å². The molecule has 1 aromatic carbocycles. The van der Waals surface area contributed by atoms with Crippen molar-refractivity contribution in [3.63, 3.8) is 0 Å². The molecule has 1 heterocycles. The molecule has 0 aliphatic rings. The maximum atomic E-state index is 12.3. The van der Waals surface area contributed by atoms with Gasteiger partial charge in [-0.05, 0) is 30.7 Å². The minimum absolute atomic E-state index is 0.276. The lowest BCUT2D eigenvalue weighted by atomic mass is 10.2. The zero-order valence-corrected chi connectivity index (χ0v) is 14.1. The van der Waals surface area contributed by atoms with Gasteiger partial charge in [-0.1, -0.05) is 29.3 Å². The lowest BCUT2D eigenvalue weighted by Gasteiger charge is -2.10. The van der Waals surface area contributed by atoms with Gasteiger partial charge in [0.15, 0.2) is 0 Å². The summed E-state index contributed by atoms with van der Waals surface area (Å²) in [6, 6.07) is 8.50. The van der Waals surface area contributed by atoms with Gasteiger partial charge in [0.1, 0.15) is 5.69 Å². The average Bonchev–Trinajstić information content (AvgIpc) is 2.55. The highest BCUT2D eigenvalue weighted by molar-refractivity contribution is 6.40. The van der Waals surface area contributed by atoms with Gasteiger partial charge < -0.3 is 15.4 Å². The standard InChI is InChI=1S/C16H17Cl2N3O2/c1-23-9-3-7-19-11-6-8-20-14(10-11)16(22)21-15-12(17)4-2-5-13(15)18/h2,4-6,8,10H,3,7,9H2,1H3,(H,19,20)(H,21,22). The first-order valence-corrected chi connectivity index (χ1v) is 7.81. The molecule has 0 unspecified atom stereocenters. The molecule has 5 nitrogen and oxygen atoms in total. The molecule has 0 aliphatic heterocycles. The van der Waals surface area contributed by atoms with Crippen LogP contribution in [0.4, 0.5) is 11.4 Å². The molecule has 23 heavy (non-hydrogen) atoms. The third kappa shape index (κ3) is 5.10. The number of nitrogens with one attached hydrogen (secondary N) is 2. The van der Waals surface area contributed by atoms with Crippen molar-refractivity contribution in [2.45, 2.75) is 6.42 Å². The Labute approximate surface area is 145 Å². The average molecular weight is 354 g/mol. The molecule has 0 fully saturated rings. The van der Waals surface area contributed by atoms with Gasteiger partial charge in [-0.2, -0.15) is 0 Å². The normalized spacial score (nSPS) is 10.4. The molecule has 0 spiro atoms. The van der Waals surface area contributed by atoms with E-state index >= 15 is 0 Å². The Bertz CT molecular complexity index is 660. The second-order valence-corrected chi connectivity index (χ2v) is 5.57. The zero-order valence-electron chi connectivity index (χ0n) is 12.6. The number of pyridine rings is 1. The van der Waals surface area contributed by atoms with Crippen LogP contribution in [0.15, 0.2) is 36.5 Å². The van der Waals surface area contributed by atoms with Crippen LogP contribution < -0.4 is 10.6 Å². The van der Waals surface area contributed by atoms with Crippen LogP contribution in [0.25, 0.3) is 0 Å². The van der Waals surface area contributed by atoms with Crippen LogP contribution in [0.2, 0.25) is 10.0 Å². The molecular formula is C16H17Cl2N3O2. The molecule has 0 aliphatic carbocycles. The molecule has 0 bridgehead atoms. The summed E-state index contributed by atoms with van der Waals surface area (Å²) < 4.78 is 4.99. The predicted molar refractivity (Wildman–Crippen MR) is 93.6 cm³/mol. The molecule has 122 valence electrons. The number of nitrogens with zero attached hydrogens (tertiary/aromatic N) is 1. The van der Waals surface area contributed by atoms with Gasteiger partial charge in [0.25, 0.3) is 5.91 Å². The van der Waals surface area contributed by atoms with Crippen LogP contribution in [0.1, 0.15) is 16.9 Å². The monoisotopic (exact) mass is 353 g/mol. The molecule has 0 radical (unpaired) electrons. The number of ether oxygens (including phenoxy) is 1. The van der Waals surface area contributed by atoms with Crippen LogP contribution in [0.3, 0.4) is 0 Å². The second kappa shape index (κ2) is 8.72.